The number of benzene rings is 1. The van der Waals surface area contributed by atoms with Gasteiger partial charge in [0.1, 0.15) is 5.75 Å². The Kier molecular flexibility index (Phi) is 3.79. The van der Waals surface area contributed by atoms with Crippen molar-refractivity contribution in [1.82, 2.24) is 4.90 Å². The molecular formula is C18H21F3NO. The molecule has 2 atom stereocenters. The van der Waals surface area contributed by atoms with E-state index in [1.807, 2.05) is 6.07 Å². The summed E-state index contributed by atoms with van der Waals surface area (Å²) in [5, 5.41) is 0. The van der Waals surface area contributed by atoms with Crippen LogP contribution in [0.4, 0.5) is 13.2 Å². The second-order valence-electron chi connectivity index (χ2n) is 7.21. The summed E-state index contributed by atoms with van der Waals surface area (Å²) in [5.41, 5.74) is 0.812. The molecule has 2 aliphatic carbocycles. The van der Waals surface area contributed by atoms with Crippen molar-refractivity contribution in [1.29, 1.82) is 0 Å². The lowest BCUT2D eigenvalue weighted by Gasteiger charge is -2.18. The summed E-state index contributed by atoms with van der Waals surface area (Å²) in [6, 6.07) is 6.25. The zero-order chi connectivity index (χ0) is 16.0. The van der Waals surface area contributed by atoms with Gasteiger partial charge in [0.25, 0.3) is 0 Å². The SMILES string of the molecule is FC(F)(F)Oc1cccc([CH]CC2C3CN(CC4CC4)CC23)c1. The molecule has 0 amide bonds. The van der Waals surface area contributed by atoms with E-state index in [1.165, 1.54) is 44.6 Å². The molecule has 1 radical (unpaired) electrons. The van der Waals surface area contributed by atoms with E-state index in [4.69, 9.17) is 0 Å². The van der Waals surface area contributed by atoms with Crippen molar-refractivity contribution in [3.05, 3.63) is 36.2 Å². The van der Waals surface area contributed by atoms with E-state index in [1.54, 1.807) is 6.07 Å². The molecule has 1 aromatic carbocycles. The van der Waals surface area contributed by atoms with Crippen LogP contribution in [0.15, 0.2) is 24.3 Å². The fourth-order valence-corrected chi connectivity index (χ4v) is 4.01. The lowest BCUT2D eigenvalue weighted by Crippen LogP contribution is -2.26. The average Bonchev–Trinajstić information content (AvgIpc) is 3.35. The van der Waals surface area contributed by atoms with Gasteiger partial charge in [-0.2, -0.15) is 0 Å². The molecule has 0 aromatic heterocycles. The van der Waals surface area contributed by atoms with Gasteiger partial charge in [-0.05, 0) is 67.1 Å². The molecule has 2 nitrogen and oxygen atoms in total. The highest BCUT2D eigenvalue weighted by Crippen LogP contribution is 2.54. The summed E-state index contributed by atoms with van der Waals surface area (Å²) >= 11 is 0. The molecule has 1 heterocycles. The molecule has 1 aliphatic heterocycles. The van der Waals surface area contributed by atoms with Crippen molar-refractivity contribution in [2.75, 3.05) is 19.6 Å². The van der Waals surface area contributed by atoms with Gasteiger partial charge in [-0.3, -0.25) is 0 Å². The molecule has 0 N–H and O–H groups in total. The summed E-state index contributed by atoms with van der Waals surface area (Å²) in [4.78, 5) is 2.60. The number of likely N-dealkylation sites (tertiary alicyclic amines) is 1. The van der Waals surface area contributed by atoms with Gasteiger partial charge in [-0.1, -0.05) is 12.1 Å². The minimum absolute atomic E-state index is 0.141. The maximum atomic E-state index is 12.2. The number of hydrogen-bond donors (Lipinski definition) is 0. The molecule has 3 fully saturated rings. The standard InChI is InChI=1S/C18H21F3NO/c19-18(20,21)23-14-3-1-2-12(8-14)6-7-15-16-10-22(11-17(15)16)9-13-4-5-13/h1-3,6,8,13,15-17H,4-5,7,9-11H2. The van der Waals surface area contributed by atoms with Gasteiger partial charge >= 0.3 is 6.36 Å². The highest BCUT2D eigenvalue weighted by Gasteiger charge is 2.54. The number of alkyl halides is 3. The van der Waals surface area contributed by atoms with E-state index in [0.717, 1.165) is 35.7 Å². The first-order valence-electron chi connectivity index (χ1n) is 8.39. The van der Waals surface area contributed by atoms with Gasteiger partial charge in [0, 0.05) is 19.6 Å². The number of piperidine rings is 1. The minimum Gasteiger partial charge on any atom is -0.406 e. The van der Waals surface area contributed by atoms with Crippen molar-refractivity contribution < 1.29 is 17.9 Å². The Balaban J connectivity index is 1.24. The Labute approximate surface area is 134 Å². The number of hydrogen-bond acceptors (Lipinski definition) is 2. The maximum Gasteiger partial charge on any atom is 0.573 e. The Morgan fingerprint density at radius 1 is 1.17 bits per heavy atom. The van der Waals surface area contributed by atoms with E-state index in [0.29, 0.717) is 0 Å². The van der Waals surface area contributed by atoms with Gasteiger partial charge in [0.15, 0.2) is 0 Å². The molecule has 5 heteroatoms. The highest BCUT2D eigenvalue weighted by atomic mass is 19.4. The van der Waals surface area contributed by atoms with E-state index < -0.39 is 6.36 Å². The minimum atomic E-state index is -4.63. The highest BCUT2D eigenvalue weighted by molar-refractivity contribution is 5.33. The molecule has 0 spiro atoms. The monoisotopic (exact) mass is 324 g/mol. The fraction of sp³-hybridized carbons (Fsp3) is 0.611. The van der Waals surface area contributed by atoms with Crippen LogP contribution >= 0.6 is 0 Å². The first-order valence-corrected chi connectivity index (χ1v) is 8.39. The van der Waals surface area contributed by atoms with Crippen LogP contribution in [0.5, 0.6) is 5.75 Å². The Bertz CT molecular complexity index is 558. The summed E-state index contributed by atoms with van der Waals surface area (Å²) in [7, 11) is 0. The quantitative estimate of drug-likeness (QED) is 0.780. The van der Waals surface area contributed by atoms with Crippen LogP contribution in [-0.2, 0) is 0 Å². The molecule has 2 unspecified atom stereocenters. The second-order valence-corrected chi connectivity index (χ2v) is 7.21. The number of ether oxygens (including phenoxy) is 1. The van der Waals surface area contributed by atoms with Crippen LogP contribution in [0.2, 0.25) is 0 Å². The first kappa shape index (κ1) is 15.3. The number of halogens is 3. The number of rotatable bonds is 6. The zero-order valence-corrected chi connectivity index (χ0v) is 12.9. The van der Waals surface area contributed by atoms with Crippen LogP contribution in [0, 0.1) is 30.1 Å². The summed E-state index contributed by atoms with van der Waals surface area (Å²) in [6.07, 6.45) is 1.19. The molecule has 125 valence electrons. The van der Waals surface area contributed by atoms with E-state index in [9.17, 15) is 13.2 Å². The Hall–Kier alpha value is -1.23. The van der Waals surface area contributed by atoms with Crippen molar-refractivity contribution in [2.45, 2.75) is 25.6 Å². The van der Waals surface area contributed by atoms with Gasteiger partial charge in [-0.25, -0.2) is 0 Å². The van der Waals surface area contributed by atoms with Crippen molar-refractivity contribution in [2.24, 2.45) is 23.7 Å². The topological polar surface area (TPSA) is 12.5 Å². The summed E-state index contributed by atoms with van der Waals surface area (Å²) in [5.74, 6) is 3.14. The average molecular weight is 324 g/mol. The van der Waals surface area contributed by atoms with Crippen LogP contribution in [0.3, 0.4) is 0 Å². The number of nitrogens with zero attached hydrogens (tertiary/aromatic N) is 1. The van der Waals surface area contributed by atoms with Crippen LogP contribution < -0.4 is 4.74 Å². The van der Waals surface area contributed by atoms with E-state index in [-0.39, 0.29) is 5.75 Å². The lowest BCUT2D eigenvalue weighted by atomic mass is 10.0. The molecule has 0 bridgehead atoms. The fourth-order valence-electron chi connectivity index (χ4n) is 4.01. The van der Waals surface area contributed by atoms with Crippen molar-refractivity contribution in [3.63, 3.8) is 0 Å². The molecule has 23 heavy (non-hydrogen) atoms. The van der Waals surface area contributed by atoms with Crippen LogP contribution in [0.1, 0.15) is 24.8 Å². The van der Waals surface area contributed by atoms with E-state index in [2.05, 4.69) is 16.1 Å². The molecular weight excluding hydrogens is 303 g/mol. The molecule has 2 saturated carbocycles. The molecule has 1 aromatic rings. The molecule has 1 saturated heterocycles. The Morgan fingerprint density at radius 3 is 2.57 bits per heavy atom. The smallest absolute Gasteiger partial charge is 0.406 e. The third-order valence-electron chi connectivity index (χ3n) is 5.38. The molecule has 3 aliphatic rings. The van der Waals surface area contributed by atoms with Crippen molar-refractivity contribution in [3.8, 4) is 5.75 Å². The van der Waals surface area contributed by atoms with Gasteiger partial charge < -0.3 is 9.64 Å². The predicted octanol–water partition coefficient (Wildman–Crippen LogP) is 4.12. The first-order chi connectivity index (χ1) is 11.0. The maximum absolute atomic E-state index is 12.2. The van der Waals surface area contributed by atoms with E-state index >= 15 is 0 Å². The summed E-state index contributed by atoms with van der Waals surface area (Å²) < 4.78 is 40.7. The number of fused-ring (bicyclic) bond motifs is 1. The predicted molar refractivity (Wildman–Crippen MR) is 80.8 cm³/mol. The van der Waals surface area contributed by atoms with Gasteiger partial charge in [0.2, 0.25) is 0 Å². The zero-order valence-electron chi connectivity index (χ0n) is 12.9. The third kappa shape index (κ3) is 3.82. The van der Waals surface area contributed by atoms with Gasteiger partial charge in [0.05, 0.1) is 0 Å². The van der Waals surface area contributed by atoms with Gasteiger partial charge in [-0.15, -0.1) is 13.2 Å². The molecule has 4 rings (SSSR count). The summed E-state index contributed by atoms with van der Waals surface area (Å²) in [6.45, 7) is 3.72. The third-order valence-corrected chi connectivity index (χ3v) is 5.38. The second kappa shape index (κ2) is 5.69. The largest absolute Gasteiger partial charge is 0.573 e. The Morgan fingerprint density at radius 2 is 1.91 bits per heavy atom. The van der Waals surface area contributed by atoms with Crippen molar-refractivity contribution >= 4 is 0 Å². The lowest BCUT2D eigenvalue weighted by molar-refractivity contribution is -0.274. The van der Waals surface area contributed by atoms with Crippen LogP contribution in [-0.4, -0.2) is 30.9 Å². The van der Waals surface area contributed by atoms with Crippen LogP contribution in [0.25, 0.3) is 0 Å². The normalized spacial score (nSPS) is 30.3.